The van der Waals surface area contributed by atoms with Gasteiger partial charge in [0.05, 0.1) is 22.6 Å². The lowest BCUT2D eigenvalue weighted by atomic mass is 9.70. The van der Waals surface area contributed by atoms with E-state index in [2.05, 4.69) is 5.32 Å². The number of hydrogen-bond donors (Lipinski definition) is 2. The lowest BCUT2D eigenvalue weighted by molar-refractivity contribution is -0.384. The number of nitrogens with zero attached hydrogens (tertiary/aromatic N) is 1. The van der Waals surface area contributed by atoms with E-state index in [9.17, 15) is 14.9 Å². The maximum atomic E-state index is 12.7. The van der Waals surface area contributed by atoms with Crippen molar-refractivity contribution in [2.45, 2.75) is 50.9 Å². The van der Waals surface area contributed by atoms with Gasteiger partial charge >= 0.3 is 0 Å². The lowest BCUT2D eigenvalue weighted by Gasteiger charge is -2.52. The number of nitrogens with one attached hydrogen (secondary N) is 1. The highest BCUT2D eigenvalue weighted by molar-refractivity contribution is 6.01. The van der Waals surface area contributed by atoms with Crippen LogP contribution in [0.15, 0.2) is 12.1 Å². The molecular formula is C17H23N3O5. The third-order valence-corrected chi connectivity index (χ3v) is 5.08. The zero-order valence-corrected chi connectivity index (χ0v) is 14.4. The summed E-state index contributed by atoms with van der Waals surface area (Å²) in [5.74, 6) is -0.417. The fraction of sp³-hybridized carbons (Fsp3) is 0.588. The summed E-state index contributed by atoms with van der Waals surface area (Å²) in [6, 6.07) is 2.75. The number of nitrogens with two attached hydrogens (primary N) is 1. The van der Waals surface area contributed by atoms with Crippen molar-refractivity contribution in [3.05, 3.63) is 33.4 Å². The molecule has 1 spiro atoms. The van der Waals surface area contributed by atoms with Crippen molar-refractivity contribution in [1.29, 1.82) is 0 Å². The Kier molecular flexibility index (Phi) is 4.66. The molecule has 1 aromatic rings. The smallest absolute Gasteiger partial charge is 0.293 e. The zero-order valence-electron chi connectivity index (χ0n) is 14.4. The van der Waals surface area contributed by atoms with Gasteiger partial charge in [-0.15, -0.1) is 0 Å². The fourth-order valence-corrected chi connectivity index (χ4v) is 3.83. The number of nitro groups is 1. The molecule has 0 unspecified atom stereocenters. The van der Waals surface area contributed by atoms with Gasteiger partial charge in [0.1, 0.15) is 11.3 Å². The van der Waals surface area contributed by atoms with Crippen molar-refractivity contribution in [2.24, 2.45) is 0 Å². The van der Waals surface area contributed by atoms with Gasteiger partial charge in [-0.3, -0.25) is 14.9 Å². The normalized spacial score (nSPS) is 27.9. The predicted molar refractivity (Wildman–Crippen MR) is 91.4 cm³/mol. The summed E-state index contributed by atoms with van der Waals surface area (Å²) in [4.78, 5) is 23.2. The second kappa shape index (κ2) is 6.61. The van der Waals surface area contributed by atoms with Gasteiger partial charge in [-0.25, -0.2) is 0 Å². The molecule has 2 aliphatic rings. The summed E-state index contributed by atoms with van der Waals surface area (Å²) in [5, 5.41) is 14.1. The number of amides is 1. The summed E-state index contributed by atoms with van der Waals surface area (Å²) < 4.78 is 11.7. The van der Waals surface area contributed by atoms with Crippen molar-refractivity contribution in [3.8, 4) is 0 Å². The quantitative estimate of drug-likeness (QED) is 0.477. The van der Waals surface area contributed by atoms with E-state index < -0.39 is 16.4 Å². The predicted octanol–water partition coefficient (Wildman–Crippen LogP) is 1.94. The zero-order chi connectivity index (χ0) is 18.2. The third kappa shape index (κ3) is 2.96. The fourth-order valence-electron chi connectivity index (χ4n) is 3.83. The molecule has 25 heavy (non-hydrogen) atoms. The number of nitro benzene ring substituents is 1. The monoisotopic (exact) mass is 349 g/mol. The van der Waals surface area contributed by atoms with E-state index in [0.29, 0.717) is 25.2 Å². The molecule has 136 valence electrons. The molecule has 1 saturated heterocycles. The highest BCUT2D eigenvalue weighted by Crippen LogP contribution is 2.45. The number of ether oxygens (including phenoxy) is 2. The Morgan fingerprint density at radius 3 is 2.92 bits per heavy atom. The first kappa shape index (κ1) is 17.6. The first-order chi connectivity index (χ1) is 11.9. The van der Waals surface area contributed by atoms with Crippen LogP contribution in [0, 0.1) is 17.0 Å². The van der Waals surface area contributed by atoms with Gasteiger partial charge in [-0.2, -0.15) is 0 Å². The highest BCUT2D eigenvalue weighted by atomic mass is 16.6. The number of carbonyl (C=O) groups is 1. The van der Waals surface area contributed by atoms with Crippen LogP contribution >= 0.6 is 0 Å². The third-order valence-electron chi connectivity index (χ3n) is 5.08. The van der Waals surface area contributed by atoms with Gasteiger partial charge < -0.3 is 20.5 Å². The Morgan fingerprint density at radius 2 is 2.32 bits per heavy atom. The molecule has 3 atom stereocenters. The van der Waals surface area contributed by atoms with Crippen LogP contribution in [-0.4, -0.2) is 41.8 Å². The molecule has 1 aliphatic heterocycles. The standard InChI is InChI=1S/C17H23N3O5/c1-3-24-14-9-13(17(14)5-4-6-25-17)19-16(21)11-7-10(2)8-12(15(11)18)20(22)23/h7-8,13-14H,3-6,9,18H2,1-2H3,(H,19,21)/t13-,14+,17+/m0/s1. The SMILES string of the molecule is CCO[C@@H]1C[C@H](NC(=O)c2cc(C)cc([N+](=O)[O-])c2N)[C@]12CCCO2. The van der Waals surface area contributed by atoms with Gasteiger partial charge in [0, 0.05) is 19.3 Å². The van der Waals surface area contributed by atoms with E-state index in [0.717, 1.165) is 12.8 Å². The minimum Gasteiger partial charge on any atom is -0.393 e. The molecule has 1 heterocycles. The first-order valence-electron chi connectivity index (χ1n) is 8.50. The van der Waals surface area contributed by atoms with E-state index in [4.69, 9.17) is 15.2 Å². The Morgan fingerprint density at radius 1 is 1.56 bits per heavy atom. The molecule has 8 nitrogen and oxygen atoms in total. The summed E-state index contributed by atoms with van der Waals surface area (Å²) in [6.07, 6.45) is 2.38. The second-order valence-corrected chi connectivity index (χ2v) is 6.62. The summed E-state index contributed by atoms with van der Waals surface area (Å²) in [7, 11) is 0. The van der Waals surface area contributed by atoms with Crippen LogP contribution in [0.5, 0.6) is 0 Å². The van der Waals surface area contributed by atoms with Crippen molar-refractivity contribution in [2.75, 3.05) is 18.9 Å². The molecule has 8 heteroatoms. The van der Waals surface area contributed by atoms with Gasteiger partial charge in [0.15, 0.2) is 0 Å². The highest BCUT2D eigenvalue weighted by Gasteiger charge is 2.59. The Balaban J connectivity index is 1.80. The van der Waals surface area contributed by atoms with Gasteiger partial charge in [0.2, 0.25) is 0 Å². The van der Waals surface area contributed by atoms with E-state index in [-0.39, 0.29) is 29.1 Å². The molecule has 1 aliphatic carbocycles. The van der Waals surface area contributed by atoms with Gasteiger partial charge in [-0.05, 0) is 44.7 Å². The summed E-state index contributed by atoms with van der Waals surface area (Å²) in [6.45, 7) is 4.86. The molecule has 3 N–H and O–H groups in total. The number of hydrogen-bond acceptors (Lipinski definition) is 6. The molecule has 1 amide bonds. The first-order valence-corrected chi connectivity index (χ1v) is 8.50. The number of nitrogen functional groups attached to an aromatic ring is 1. The largest absolute Gasteiger partial charge is 0.393 e. The maximum Gasteiger partial charge on any atom is 0.293 e. The van der Waals surface area contributed by atoms with Crippen molar-refractivity contribution < 1.29 is 19.2 Å². The number of carbonyl (C=O) groups excluding carboxylic acids is 1. The van der Waals surface area contributed by atoms with Gasteiger partial charge in [0.25, 0.3) is 11.6 Å². The molecule has 1 aromatic carbocycles. The Hall–Kier alpha value is -2.19. The van der Waals surface area contributed by atoms with Gasteiger partial charge in [-0.1, -0.05) is 0 Å². The minimum atomic E-state index is -0.574. The molecular weight excluding hydrogens is 326 g/mol. The molecule has 1 saturated carbocycles. The average molecular weight is 349 g/mol. The molecule has 0 bridgehead atoms. The van der Waals surface area contributed by atoms with Crippen molar-refractivity contribution in [3.63, 3.8) is 0 Å². The van der Waals surface area contributed by atoms with Crippen LogP contribution in [-0.2, 0) is 9.47 Å². The maximum absolute atomic E-state index is 12.7. The van der Waals surface area contributed by atoms with E-state index in [1.54, 1.807) is 13.0 Å². The lowest BCUT2D eigenvalue weighted by Crippen LogP contribution is -2.69. The van der Waals surface area contributed by atoms with Crippen LogP contribution in [0.4, 0.5) is 11.4 Å². The average Bonchev–Trinajstić information content (AvgIpc) is 3.08. The second-order valence-electron chi connectivity index (χ2n) is 6.62. The number of anilines is 1. The number of benzene rings is 1. The van der Waals surface area contributed by atoms with Crippen LogP contribution < -0.4 is 11.1 Å². The molecule has 3 rings (SSSR count). The van der Waals surface area contributed by atoms with E-state index >= 15 is 0 Å². The molecule has 2 fully saturated rings. The van der Waals surface area contributed by atoms with E-state index in [1.807, 2.05) is 6.92 Å². The van der Waals surface area contributed by atoms with Crippen LogP contribution in [0.25, 0.3) is 0 Å². The van der Waals surface area contributed by atoms with Crippen molar-refractivity contribution in [1.82, 2.24) is 5.32 Å². The van der Waals surface area contributed by atoms with Crippen LogP contribution in [0.2, 0.25) is 0 Å². The van der Waals surface area contributed by atoms with Crippen LogP contribution in [0.1, 0.15) is 42.1 Å². The number of aryl methyl sites for hydroxylation is 1. The topological polar surface area (TPSA) is 117 Å². The Bertz CT molecular complexity index is 700. The Labute approximate surface area is 145 Å². The van der Waals surface area contributed by atoms with Crippen LogP contribution in [0.3, 0.4) is 0 Å². The summed E-state index contributed by atoms with van der Waals surface area (Å²) >= 11 is 0. The molecule has 0 aromatic heterocycles. The van der Waals surface area contributed by atoms with E-state index in [1.165, 1.54) is 6.07 Å². The minimum absolute atomic E-state index is 0.0329. The van der Waals surface area contributed by atoms with Crippen molar-refractivity contribution >= 4 is 17.3 Å². The molecule has 0 radical (unpaired) electrons. The number of rotatable bonds is 5. The summed E-state index contributed by atoms with van der Waals surface area (Å²) in [5.41, 5.74) is 5.73.